The third kappa shape index (κ3) is 3.64. The van der Waals surface area contributed by atoms with Crippen LogP contribution in [0.25, 0.3) is 0 Å². The number of hydrogen-bond donors (Lipinski definition) is 2. The minimum Gasteiger partial charge on any atom is -0.381 e. The molecule has 0 aliphatic heterocycles. The van der Waals surface area contributed by atoms with E-state index in [-0.39, 0.29) is 11.3 Å². The van der Waals surface area contributed by atoms with Crippen LogP contribution >= 0.6 is 0 Å². The molecule has 0 spiro atoms. The summed E-state index contributed by atoms with van der Waals surface area (Å²) in [6, 6.07) is 0. The van der Waals surface area contributed by atoms with E-state index in [1.165, 1.54) is 0 Å². The predicted molar refractivity (Wildman–Crippen MR) is 54.8 cm³/mol. The molecular formula is C10H20N2O2. The van der Waals surface area contributed by atoms with Crippen LogP contribution in [0.5, 0.6) is 0 Å². The minimum atomic E-state index is 0.0678. The van der Waals surface area contributed by atoms with Gasteiger partial charge in [-0.25, -0.2) is 0 Å². The predicted octanol–water partition coefficient (Wildman–Crippen LogP) is 0.268. The summed E-state index contributed by atoms with van der Waals surface area (Å²) in [7, 11) is 0. The smallest absolute Gasteiger partial charge is 0.222 e. The van der Waals surface area contributed by atoms with E-state index in [9.17, 15) is 4.79 Å². The fourth-order valence-corrected chi connectivity index (χ4v) is 1.31. The third-order valence-electron chi connectivity index (χ3n) is 2.73. The number of ether oxygens (including phenoxy) is 1. The van der Waals surface area contributed by atoms with E-state index in [2.05, 4.69) is 5.32 Å². The third-order valence-corrected chi connectivity index (χ3v) is 2.73. The first kappa shape index (κ1) is 11.5. The summed E-state index contributed by atoms with van der Waals surface area (Å²) in [6.07, 6.45) is 2.75. The molecule has 0 saturated heterocycles. The summed E-state index contributed by atoms with van der Waals surface area (Å²) in [6.45, 7) is 4.51. The van der Waals surface area contributed by atoms with Crippen LogP contribution in [-0.4, -0.2) is 32.2 Å². The second-order valence-electron chi connectivity index (χ2n) is 3.93. The molecule has 0 bridgehead atoms. The van der Waals surface area contributed by atoms with Crippen LogP contribution in [0, 0.1) is 5.41 Å². The van der Waals surface area contributed by atoms with Crippen LogP contribution in [0.4, 0.5) is 0 Å². The van der Waals surface area contributed by atoms with E-state index in [1.54, 1.807) is 0 Å². The molecule has 0 aromatic rings. The van der Waals surface area contributed by atoms with Crippen LogP contribution in [-0.2, 0) is 9.53 Å². The quantitative estimate of drug-likeness (QED) is 0.580. The maximum Gasteiger partial charge on any atom is 0.222 e. The van der Waals surface area contributed by atoms with Gasteiger partial charge in [-0.05, 0) is 31.7 Å². The second-order valence-corrected chi connectivity index (χ2v) is 3.93. The molecule has 0 atom stereocenters. The summed E-state index contributed by atoms with van der Waals surface area (Å²) in [5.74, 6) is 0.0678. The van der Waals surface area contributed by atoms with Crippen molar-refractivity contribution in [1.29, 1.82) is 0 Å². The Bertz CT molecular complexity index is 191. The number of hydrogen-bond acceptors (Lipinski definition) is 3. The van der Waals surface area contributed by atoms with Gasteiger partial charge >= 0.3 is 0 Å². The number of carbonyl (C=O) groups is 1. The molecule has 4 nitrogen and oxygen atoms in total. The zero-order valence-corrected chi connectivity index (χ0v) is 8.84. The molecule has 1 fully saturated rings. The molecule has 0 heterocycles. The van der Waals surface area contributed by atoms with Crippen LogP contribution in [0.3, 0.4) is 0 Å². The van der Waals surface area contributed by atoms with Crippen molar-refractivity contribution in [2.45, 2.75) is 26.2 Å². The van der Waals surface area contributed by atoms with E-state index in [0.29, 0.717) is 26.2 Å². The van der Waals surface area contributed by atoms with Gasteiger partial charge in [0.1, 0.15) is 0 Å². The number of carbonyl (C=O) groups excluding carboxylic acids is 1. The van der Waals surface area contributed by atoms with Gasteiger partial charge in [0.25, 0.3) is 0 Å². The highest BCUT2D eigenvalue weighted by molar-refractivity contribution is 5.76. The van der Waals surface area contributed by atoms with Gasteiger partial charge in [-0.3, -0.25) is 4.79 Å². The Hall–Kier alpha value is -0.610. The first-order chi connectivity index (χ1) is 6.72. The lowest BCUT2D eigenvalue weighted by Crippen LogP contribution is -2.34. The molecule has 0 radical (unpaired) electrons. The first-order valence-electron chi connectivity index (χ1n) is 5.27. The highest BCUT2D eigenvalue weighted by Gasteiger charge is 2.41. The van der Waals surface area contributed by atoms with E-state index in [1.807, 2.05) is 6.92 Å². The molecule has 1 amide bonds. The first-order valence-corrected chi connectivity index (χ1v) is 5.27. The molecule has 0 unspecified atom stereocenters. The average molecular weight is 200 g/mol. The van der Waals surface area contributed by atoms with Gasteiger partial charge in [-0.15, -0.1) is 0 Å². The van der Waals surface area contributed by atoms with Crippen molar-refractivity contribution in [2.24, 2.45) is 11.1 Å². The van der Waals surface area contributed by atoms with Crippen molar-refractivity contribution in [3.05, 3.63) is 0 Å². The number of amides is 1. The second kappa shape index (κ2) is 5.32. The largest absolute Gasteiger partial charge is 0.381 e. The fraction of sp³-hybridized carbons (Fsp3) is 0.900. The normalized spacial score (nSPS) is 17.9. The Morgan fingerprint density at radius 1 is 1.57 bits per heavy atom. The van der Waals surface area contributed by atoms with Gasteiger partial charge in [0, 0.05) is 19.6 Å². The maximum absolute atomic E-state index is 11.3. The molecule has 1 rings (SSSR count). The van der Waals surface area contributed by atoms with Crippen molar-refractivity contribution in [3.8, 4) is 0 Å². The van der Waals surface area contributed by atoms with E-state index in [4.69, 9.17) is 10.5 Å². The van der Waals surface area contributed by atoms with Crippen LogP contribution in [0.2, 0.25) is 0 Å². The fourth-order valence-electron chi connectivity index (χ4n) is 1.31. The van der Waals surface area contributed by atoms with Gasteiger partial charge in [-0.2, -0.15) is 0 Å². The van der Waals surface area contributed by atoms with E-state index >= 15 is 0 Å². The van der Waals surface area contributed by atoms with Crippen LogP contribution in [0.15, 0.2) is 0 Å². The van der Waals surface area contributed by atoms with Gasteiger partial charge in [0.2, 0.25) is 5.91 Å². The summed E-state index contributed by atoms with van der Waals surface area (Å²) in [5.41, 5.74) is 5.82. The van der Waals surface area contributed by atoms with E-state index in [0.717, 1.165) is 19.4 Å². The summed E-state index contributed by atoms with van der Waals surface area (Å²) in [5, 5.41) is 2.90. The molecule has 82 valence electrons. The van der Waals surface area contributed by atoms with Crippen molar-refractivity contribution in [2.75, 3.05) is 26.3 Å². The zero-order valence-electron chi connectivity index (χ0n) is 8.84. The molecule has 0 aromatic carbocycles. The van der Waals surface area contributed by atoms with Gasteiger partial charge < -0.3 is 15.8 Å². The van der Waals surface area contributed by atoms with Crippen molar-refractivity contribution < 1.29 is 9.53 Å². The van der Waals surface area contributed by atoms with Crippen molar-refractivity contribution in [3.63, 3.8) is 0 Å². The lowest BCUT2D eigenvalue weighted by Gasteiger charge is -2.13. The molecule has 3 N–H and O–H groups in total. The molecule has 1 saturated carbocycles. The summed E-state index contributed by atoms with van der Waals surface area (Å²) in [4.78, 5) is 11.3. The summed E-state index contributed by atoms with van der Waals surface area (Å²) < 4.78 is 5.09. The molecule has 14 heavy (non-hydrogen) atoms. The Balaban J connectivity index is 2.03. The van der Waals surface area contributed by atoms with Crippen LogP contribution in [0.1, 0.15) is 26.2 Å². The Labute approximate surface area is 85.2 Å². The molecule has 0 aromatic heterocycles. The Morgan fingerprint density at radius 2 is 2.29 bits per heavy atom. The van der Waals surface area contributed by atoms with Gasteiger partial charge in [0.15, 0.2) is 0 Å². The zero-order chi connectivity index (χ0) is 10.4. The number of nitrogens with two attached hydrogens (primary N) is 1. The van der Waals surface area contributed by atoms with Crippen molar-refractivity contribution >= 4 is 5.91 Å². The Kier molecular flexibility index (Phi) is 4.35. The highest BCUT2D eigenvalue weighted by atomic mass is 16.5. The molecular weight excluding hydrogens is 180 g/mol. The van der Waals surface area contributed by atoms with Crippen molar-refractivity contribution in [1.82, 2.24) is 5.32 Å². The van der Waals surface area contributed by atoms with E-state index < -0.39 is 0 Å². The Morgan fingerprint density at radius 3 is 2.79 bits per heavy atom. The maximum atomic E-state index is 11.3. The lowest BCUT2D eigenvalue weighted by molar-refractivity contribution is -0.122. The monoisotopic (exact) mass is 200 g/mol. The summed E-state index contributed by atoms with van der Waals surface area (Å²) >= 11 is 0. The molecule has 1 aliphatic carbocycles. The SMILES string of the molecule is CCOCCC(=O)NCC1(CN)CC1. The van der Waals surface area contributed by atoms with Gasteiger partial charge in [-0.1, -0.05) is 0 Å². The lowest BCUT2D eigenvalue weighted by atomic mass is 10.1. The van der Waals surface area contributed by atoms with Gasteiger partial charge in [0.05, 0.1) is 6.61 Å². The number of nitrogens with one attached hydrogen (secondary N) is 1. The minimum absolute atomic E-state index is 0.0678. The molecule has 1 aliphatic rings. The topological polar surface area (TPSA) is 64.3 Å². The van der Waals surface area contributed by atoms with Crippen LogP contribution < -0.4 is 11.1 Å². The standard InChI is InChI=1S/C10H20N2O2/c1-2-14-6-3-9(13)12-8-10(7-11)4-5-10/h2-8,11H2,1H3,(H,12,13). The number of rotatable bonds is 7. The highest BCUT2D eigenvalue weighted by Crippen LogP contribution is 2.43. The average Bonchev–Trinajstić information content (AvgIpc) is 2.96. The molecule has 4 heteroatoms.